The van der Waals surface area contributed by atoms with Crippen molar-refractivity contribution >= 4 is 16.6 Å². The molecule has 0 heterocycles. The van der Waals surface area contributed by atoms with E-state index in [-0.39, 0.29) is 21.7 Å². The zero-order valence-corrected chi connectivity index (χ0v) is 9.93. The van der Waals surface area contributed by atoms with E-state index in [1.54, 1.807) is 0 Å². The molecule has 0 fully saturated rings. The van der Waals surface area contributed by atoms with Crippen LogP contribution in [-0.2, 0) is 38.3 Å². The average Bonchev–Trinajstić information content (AvgIpc) is 0.918. The first kappa shape index (κ1) is 9.26. The Bertz CT molecular complexity index is 6.00. The van der Waals surface area contributed by atoms with Crippen molar-refractivity contribution in [3.05, 3.63) is 0 Å². The number of hydrogen-bond donors (Lipinski definition) is 0. The molecule has 0 aromatic heterocycles. The van der Waals surface area contributed by atoms with Crippen LogP contribution in [0.4, 0.5) is 0 Å². The van der Waals surface area contributed by atoms with Crippen molar-refractivity contribution < 1.29 is 38.3 Å². The first-order chi connectivity index (χ1) is 1.41. The maximum Gasteiger partial charge on any atom is 0 e. The van der Waals surface area contributed by atoms with Crippen LogP contribution in [0.15, 0.2) is 0 Å². The van der Waals surface area contributed by atoms with Crippen molar-refractivity contribution in [2.24, 2.45) is 0 Å². The van der Waals surface area contributed by atoms with Crippen LogP contribution in [0.3, 0.4) is 0 Å². The van der Waals surface area contributed by atoms with Gasteiger partial charge in [-0.25, -0.2) is 0 Å². The molecule has 0 aliphatic rings. The van der Waals surface area contributed by atoms with E-state index >= 15 is 0 Å². The maximum absolute atomic E-state index is 1.48. The fourth-order valence-electron chi connectivity index (χ4n) is 0. The minimum absolute atomic E-state index is 0. The van der Waals surface area contributed by atoms with Crippen LogP contribution >= 0.6 is 0 Å². The summed E-state index contributed by atoms with van der Waals surface area (Å²) in [5.74, 6) is 0. The van der Waals surface area contributed by atoms with Gasteiger partial charge in [0.15, 0.2) is 0 Å². The quantitative estimate of drug-likeness (QED) is 0.397. The smallest absolute Gasteiger partial charge is 0 e. The maximum atomic E-state index is 1.48. The van der Waals surface area contributed by atoms with Crippen LogP contribution in [0, 0.1) is 0 Å². The Hall–Kier alpha value is 1.81. The van der Waals surface area contributed by atoms with Crippen molar-refractivity contribution in [3.8, 4) is 0 Å². The SMILES string of the molecule is [SiH3][Pd][SiH3].[Ti]. The standard InChI is InChI=1S/Pd.2H3Si.Ti/h;2*1H3;. The minimum Gasteiger partial charge on any atom is 0 e. The molecule has 0 bridgehead atoms. The monoisotopic (exact) mass is 216 g/mol. The van der Waals surface area contributed by atoms with Gasteiger partial charge < -0.3 is 0 Å². The Morgan fingerprint density at radius 3 is 1.25 bits per heavy atom. The molecule has 0 spiro atoms. The summed E-state index contributed by atoms with van der Waals surface area (Å²) in [6.07, 6.45) is 0. The van der Waals surface area contributed by atoms with Crippen molar-refractivity contribution in [3.63, 3.8) is 0 Å². The van der Waals surface area contributed by atoms with E-state index in [1.807, 2.05) is 0 Å². The van der Waals surface area contributed by atoms with Gasteiger partial charge in [0, 0.05) is 21.7 Å². The molecule has 0 unspecified atom stereocenters. The third kappa shape index (κ3) is 9.18. The molecule has 0 aromatic rings. The zero-order chi connectivity index (χ0) is 2.71. The second-order valence-electron chi connectivity index (χ2n) is 0.316. The Morgan fingerprint density at radius 1 is 1.25 bits per heavy atom. The first-order valence-electron chi connectivity index (χ1n) is 0.632. The molecular formula is H6PdSi2Ti. The molecule has 0 radical (unpaired) electrons. The van der Waals surface area contributed by atoms with E-state index in [9.17, 15) is 0 Å². The molecule has 0 aliphatic carbocycles. The van der Waals surface area contributed by atoms with Gasteiger partial charge in [0.25, 0.3) is 0 Å². The minimum atomic E-state index is 0. The predicted molar refractivity (Wildman–Crippen MR) is 19.9 cm³/mol. The average molecular weight is 217 g/mol. The summed E-state index contributed by atoms with van der Waals surface area (Å²) in [5.41, 5.74) is 0. The summed E-state index contributed by atoms with van der Waals surface area (Å²) in [5, 5.41) is 0. The molecule has 0 saturated carbocycles. The van der Waals surface area contributed by atoms with Gasteiger partial charge in [-0.05, 0) is 0 Å². The van der Waals surface area contributed by atoms with Gasteiger partial charge in [0.2, 0.25) is 0 Å². The van der Waals surface area contributed by atoms with Gasteiger partial charge in [0.05, 0.1) is 0 Å². The predicted octanol–water partition coefficient (Wildman–Crippen LogP) is -2.37. The van der Waals surface area contributed by atoms with Gasteiger partial charge in [-0.1, -0.05) is 0 Å². The van der Waals surface area contributed by atoms with Gasteiger partial charge in [-0.2, -0.15) is 0 Å². The molecule has 4 heteroatoms. The molecule has 0 atom stereocenters. The van der Waals surface area contributed by atoms with Crippen LogP contribution in [0.25, 0.3) is 0 Å². The Kier molecular flexibility index (Phi) is 20.5. The fraction of sp³-hybridized carbons (Fsp3) is 0. The fourth-order valence-corrected chi connectivity index (χ4v) is 0. The topological polar surface area (TPSA) is 0 Å². The molecule has 0 aliphatic heterocycles. The van der Waals surface area contributed by atoms with Crippen LogP contribution < -0.4 is 0 Å². The summed E-state index contributed by atoms with van der Waals surface area (Å²) in [4.78, 5) is 0. The van der Waals surface area contributed by atoms with E-state index in [0.29, 0.717) is 0 Å². The van der Waals surface area contributed by atoms with Crippen molar-refractivity contribution in [1.82, 2.24) is 0 Å². The van der Waals surface area contributed by atoms with Crippen LogP contribution in [-0.4, -0.2) is 16.6 Å². The zero-order valence-electron chi connectivity index (χ0n) is 2.82. The molecule has 0 aromatic carbocycles. The van der Waals surface area contributed by atoms with E-state index in [1.165, 1.54) is 33.2 Å². The van der Waals surface area contributed by atoms with E-state index < -0.39 is 0 Å². The van der Waals surface area contributed by atoms with Crippen molar-refractivity contribution in [1.29, 1.82) is 0 Å². The second-order valence-corrected chi connectivity index (χ2v) is 16.8. The van der Waals surface area contributed by atoms with Gasteiger partial charge in [-0.3, -0.25) is 0 Å². The van der Waals surface area contributed by atoms with Gasteiger partial charge in [0.1, 0.15) is 0 Å². The molecule has 0 nitrogen and oxygen atoms in total. The first-order valence-corrected chi connectivity index (χ1v) is 11.2. The van der Waals surface area contributed by atoms with Gasteiger partial charge in [-0.15, -0.1) is 0 Å². The molecule has 4 heavy (non-hydrogen) atoms. The van der Waals surface area contributed by atoms with Crippen molar-refractivity contribution in [2.75, 3.05) is 0 Å². The molecule has 0 N–H and O–H groups in total. The molecule has 0 saturated heterocycles. The third-order valence-corrected chi connectivity index (χ3v) is 0. The summed E-state index contributed by atoms with van der Waals surface area (Å²) in [7, 11) is 2.96. The van der Waals surface area contributed by atoms with Crippen LogP contribution in [0.1, 0.15) is 0 Å². The number of rotatable bonds is 0. The Balaban J connectivity index is 0. The van der Waals surface area contributed by atoms with Crippen LogP contribution in [0.2, 0.25) is 0 Å². The largest absolute Gasteiger partial charge is 0 e. The van der Waals surface area contributed by atoms with Crippen molar-refractivity contribution in [2.45, 2.75) is 0 Å². The second kappa shape index (κ2) is 8.84. The van der Waals surface area contributed by atoms with Gasteiger partial charge >= 0.3 is 33.2 Å². The molecule has 0 amide bonds. The molecular weight excluding hydrogens is 210 g/mol. The van der Waals surface area contributed by atoms with E-state index in [4.69, 9.17) is 0 Å². The summed E-state index contributed by atoms with van der Waals surface area (Å²) in [6, 6.07) is 0. The van der Waals surface area contributed by atoms with E-state index in [0.717, 1.165) is 0 Å². The summed E-state index contributed by atoms with van der Waals surface area (Å²) >= 11 is 1.23. The summed E-state index contributed by atoms with van der Waals surface area (Å²) < 4.78 is 0. The Labute approximate surface area is 54.5 Å². The van der Waals surface area contributed by atoms with Crippen LogP contribution in [0.5, 0.6) is 0 Å². The third-order valence-electron chi connectivity index (χ3n) is 0. The molecule has 0 rings (SSSR count). The normalized spacial score (nSPS) is 7.00. The Morgan fingerprint density at radius 2 is 1.25 bits per heavy atom. The van der Waals surface area contributed by atoms with E-state index in [2.05, 4.69) is 0 Å². The number of hydrogen-bond acceptors (Lipinski definition) is 0. The summed E-state index contributed by atoms with van der Waals surface area (Å²) in [6.45, 7) is 0. The molecule has 28 valence electrons.